The van der Waals surface area contributed by atoms with E-state index in [1.807, 2.05) is 6.07 Å². The predicted molar refractivity (Wildman–Crippen MR) is 121 cm³/mol. The molecule has 1 saturated heterocycles. The van der Waals surface area contributed by atoms with Gasteiger partial charge in [0.1, 0.15) is 17.4 Å². The monoisotopic (exact) mass is 451 g/mol. The number of benzene rings is 2. The first-order valence-electron chi connectivity index (χ1n) is 10.3. The molecule has 2 aromatic carbocycles. The van der Waals surface area contributed by atoms with Gasteiger partial charge in [-0.1, -0.05) is 6.07 Å². The number of hydrogen-bond acceptors (Lipinski definition) is 7. The third-order valence-corrected chi connectivity index (χ3v) is 4.93. The van der Waals surface area contributed by atoms with E-state index in [0.717, 1.165) is 0 Å². The first kappa shape index (κ1) is 23.6. The number of nitriles is 1. The third kappa shape index (κ3) is 6.48. The molecule has 0 atom stereocenters. The highest BCUT2D eigenvalue weighted by atomic mass is 16.5. The normalized spacial score (nSPS) is 13.6. The number of methoxy groups -OCH3 is 2. The Hall–Kier alpha value is -4.03. The molecule has 1 aliphatic heterocycles. The fourth-order valence-electron chi connectivity index (χ4n) is 3.12. The molecule has 0 spiro atoms. The van der Waals surface area contributed by atoms with Crippen molar-refractivity contribution in [1.29, 1.82) is 5.26 Å². The molecule has 172 valence electrons. The molecule has 1 heterocycles. The summed E-state index contributed by atoms with van der Waals surface area (Å²) in [6, 6.07) is 13.6. The Morgan fingerprint density at radius 2 is 1.82 bits per heavy atom. The van der Waals surface area contributed by atoms with Gasteiger partial charge in [-0.2, -0.15) is 5.26 Å². The van der Waals surface area contributed by atoms with Gasteiger partial charge in [-0.25, -0.2) is 0 Å². The van der Waals surface area contributed by atoms with E-state index in [4.69, 9.17) is 18.9 Å². The molecule has 9 heteroatoms. The molecule has 0 bridgehead atoms. The van der Waals surface area contributed by atoms with Gasteiger partial charge >= 0.3 is 0 Å². The van der Waals surface area contributed by atoms with E-state index in [2.05, 4.69) is 5.32 Å². The summed E-state index contributed by atoms with van der Waals surface area (Å²) < 4.78 is 21.3. The number of rotatable bonds is 8. The van der Waals surface area contributed by atoms with Gasteiger partial charge in [-0.3, -0.25) is 9.59 Å². The Morgan fingerprint density at radius 3 is 2.45 bits per heavy atom. The van der Waals surface area contributed by atoms with E-state index in [9.17, 15) is 14.9 Å². The highest BCUT2D eigenvalue weighted by Gasteiger charge is 2.18. The molecule has 9 nitrogen and oxygen atoms in total. The fourth-order valence-corrected chi connectivity index (χ4v) is 3.12. The Morgan fingerprint density at radius 1 is 1.09 bits per heavy atom. The van der Waals surface area contributed by atoms with Gasteiger partial charge in [0, 0.05) is 18.8 Å². The van der Waals surface area contributed by atoms with Gasteiger partial charge in [0.2, 0.25) is 0 Å². The highest BCUT2D eigenvalue weighted by Crippen LogP contribution is 2.29. The number of hydrogen-bond donors (Lipinski definition) is 1. The minimum absolute atomic E-state index is 0.0796. The summed E-state index contributed by atoms with van der Waals surface area (Å²) >= 11 is 0. The number of anilines is 1. The van der Waals surface area contributed by atoms with Crippen molar-refractivity contribution in [3.05, 3.63) is 53.6 Å². The van der Waals surface area contributed by atoms with Gasteiger partial charge in [0.15, 0.2) is 18.1 Å². The van der Waals surface area contributed by atoms with Gasteiger partial charge in [0.05, 0.1) is 27.4 Å². The second-order valence-electron chi connectivity index (χ2n) is 7.04. The first-order chi connectivity index (χ1) is 16.0. The summed E-state index contributed by atoms with van der Waals surface area (Å²) in [5, 5.41) is 12.1. The highest BCUT2D eigenvalue weighted by molar-refractivity contribution is 6.09. The maximum Gasteiger partial charge on any atom is 0.266 e. The predicted octanol–water partition coefficient (Wildman–Crippen LogP) is 2.49. The van der Waals surface area contributed by atoms with Gasteiger partial charge in [0.25, 0.3) is 11.8 Å². The molecule has 1 fully saturated rings. The molecule has 0 aromatic heterocycles. The van der Waals surface area contributed by atoms with Crippen LogP contribution < -0.4 is 19.5 Å². The van der Waals surface area contributed by atoms with Crippen LogP contribution in [0.2, 0.25) is 0 Å². The van der Waals surface area contributed by atoms with Crippen molar-refractivity contribution in [3.63, 3.8) is 0 Å². The quantitative estimate of drug-likeness (QED) is 0.485. The second kappa shape index (κ2) is 11.5. The summed E-state index contributed by atoms with van der Waals surface area (Å²) in [6.07, 6.45) is 1.45. The number of nitrogens with one attached hydrogen (secondary N) is 1. The molecule has 0 radical (unpaired) electrons. The summed E-state index contributed by atoms with van der Waals surface area (Å²) in [5.41, 5.74) is 1.03. The lowest BCUT2D eigenvalue weighted by Gasteiger charge is -2.26. The van der Waals surface area contributed by atoms with Crippen LogP contribution >= 0.6 is 0 Å². The zero-order valence-electron chi connectivity index (χ0n) is 18.5. The van der Waals surface area contributed by atoms with Gasteiger partial charge < -0.3 is 29.2 Å². The molecule has 0 unspecified atom stereocenters. The zero-order chi connectivity index (χ0) is 23.6. The Bertz CT molecular complexity index is 1050. The van der Waals surface area contributed by atoms with Crippen molar-refractivity contribution < 1.29 is 28.5 Å². The van der Waals surface area contributed by atoms with Crippen molar-refractivity contribution in [2.75, 3.05) is 52.4 Å². The molecule has 1 N–H and O–H groups in total. The summed E-state index contributed by atoms with van der Waals surface area (Å²) in [6.45, 7) is 1.99. The van der Waals surface area contributed by atoms with Crippen LogP contribution in [0.3, 0.4) is 0 Å². The number of nitrogens with zero attached hydrogens (tertiary/aromatic N) is 2. The molecular weight excluding hydrogens is 426 g/mol. The molecule has 33 heavy (non-hydrogen) atoms. The number of carbonyl (C=O) groups excluding carboxylic acids is 2. The summed E-state index contributed by atoms with van der Waals surface area (Å²) in [7, 11) is 3.03. The zero-order valence-corrected chi connectivity index (χ0v) is 18.5. The van der Waals surface area contributed by atoms with Crippen molar-refractivity contribution in [2.45, 2.75) is 0 Å². The molecular formula is C24H25N3O6. The van der Waals surface area contributed by atoms with Crippen molar-refractivity contribution in [3.8, 4) is 23.3 Å². The lowest BCUT2D eigenvalue weighted by Crippen LogP contribution is -2.43. The molecule has 3 rings (SSSR count). The molecule has 2 aromatic rings. The average Bonchev–Trinajstić information content (AvgIpc) is 2.86. The summed E-state index contributed by atoms with van der Waals surface area (Å²) in [5.74, 6) is 0.748. The summed E-state index contributed by atoms with van der Waals surface area (Å²) in [4.78, 5) is 26.5. The molecule has 0 saturated carbocycles. The van der Waals surface area contributed by atoms with E-state index >= 15 is 0 Å². The van der Waals surface area contributed by atoms with Gasteiger partial charge in [-0.05, 0) is 48.0 Å². The van der Waals surface area contributed by atoms with Crippen molar-refractivity contribution in [1.82, 2.24) is 4.90 Å². The number of amides is 2. The SMILES string of the molecule is COc1ccc(NC(=O)/C(C#N)=C/c2ccc(OCC(=O)N3CCOCC3)c(OC)c2)cc1. The van der Waals surface area contributed by atoms with Crippen LogP contribution in [-0.4, -0.2) is 63.8 Å². The van der Waals surface area contributed by atoms with Gasteiger partial charge in [-0.15, -0.1) is 0 Å². The van der Waals surface area contributed by atoms with Crippen LogP contribution in [0.15, 0.2) is 48.0 Å². The first-order valence-corrected chi connectivity index (χ1v) is 10.3. The van der Waals surface area contributed by atoms with Crippen LogP contribution in [0.4, 0.5) is 5.69 Å². The van der Waals surface area contributed by atoms with E-state index in [1.54, 1.807) is 54.5 Å². The van der Waals surface area contributed by atoms with Crippen LogP contribution in [-0.2, 0) is 14.3 Å². The smallest absolute Gasteiger partial charge is 0.266 e. The van der Waals surface area contributed by atoms with E-state index in [1.165, 1.54) is 13.2 Å². The Balaban J connectivity index is 1.67. The third-order valence-electron chi connectivity index (χ3n) is 4.93. The van der Waals surface area contributed by atoms with Crippen LogP contribution in [0.1, 0.15) is 5.56 Å². The second-order valence-corrected chi connectivity index (χ2v) is 7.04. The standard InChI is InChI=1S/C24H25N3O6/c1-30-20-6-4-19(5-7-20)26-24(29)18(15-25)13-17-3-8-21(22(14-17)31-2)33-16-23(28)27-9-11-32-12-10-27/h3-8,13-14H,9-12,16H2,1-2H3,(H,26,29)/b18-13+. The van der Waals surface area contributed by atoms with Crippen LogP contribution in [0.25, 0.3) is 6.08 Å². The Kier molecular flexibility index (Phi) is 8.27. The minimum Gasteiger partial charge on any atom is -0.497 e. The largest absolute Gasteiger partial charge is 0.497 e. The maximum atomic E-state index is 12.5. The molecule has 1 aliphatic rings. The number of ether oxygens (including phenoxy) is 4. The molecule has 0 aliphatic carbocycles. The lowest BCUT2D eigenvalue weighted by atomic mass is 10.1. The van der Waals surface area contributed by atoms with E-state index < -0.39 is 5.91 Å². The van der Waals surface area contributed by atoms with E-state index in [-0.39, 0.29) is 18.1 Å². The van der Waals surface area contributed by atoms with Crippen molar-refractivity contribution in [2.24, 2.45) is 0 Å². The number of morpholine rings is 1. The minimum atomic E-state index is -0.543. The Labute approximate surface area is 192 Å². The number of carbonyl (C=O) groups is 2. The lowest BCUT2D eigenvalue weighted by molar-refractivity contribution is -0.137. The van der Waals surface area contributed by atoms with Crippen LogP contribution in [0.5, 0.6) is 17.2 Å². The molecule has 2 amide bonds. The topological polar surface area (TPSA) is 110 Å². The van der Waals surface area contributed by atoms with Crippen LogP contribution in [0, 0.1) is 11.3 Å². The average molecular weight is 451 g/mol. The fraction of sp³-hybridized carbons (Fsp3) is 0.292. The van der Waals surface area contributed by atoms with Crippen molar-refractivity contribution >= 4 is 23.6 Å². The van der Waals surface area contributed by atoms with E-state index in [0.29, 0.717) is 54.8 Å². The maximum absolute atomic E-state index is 12.5.